The highest BCUT2D eigenvalue weighted by Gasteiger charge is 2.25. The summed E-state index contributed by atoms with van der Waals surface area (Å²) in [6, 6.07) is 3.94. The van der Waals surface area contributed by atoms with E-state index in [9.17, 15) is 4.79 Å². The van der Waals surface area contributed by atoms with E-state index in [1.54, 1.807) is 0 Å². The van der Waals surface area contributed by atoms with Crippen molar-refractivity contribution in [3.05, 3.63) is 23.3 Å². The van der Waals surface area contributed by atoms with Crippen molar-refractivity contribution in [2.45, 2.75) is 6.92 Å². The second-order valence-electron chi connectivity index (χ2n) is 4.55. The number of carbonyl (C=O) groups excluding carboxylic acids is 1. The molecule has 3 rings (SSSR count). The van der Waals surface area contributed by atoms with Crippen LogP contribution in [-0.2, 0) is 4.74 Å². The molecule has 0 spiro atoms. The number of amides is 1. The molecule has 1 amide bonds. The van der Waals surface area contributed by atoms with Gasteiger partial charge in [-0.3, -0.25) is 4.79 Å². The molecular formula is C13H16N2O3. The van der Waals surface area contributed by atoms with Gasteiger partial charge in [-0.05, 0) is 24.6 Å². The molecule has 5 nitrogen and oxygen atoms in total. The maximum absolute atomic E-state index is 11.8. The number of hydrogen-bond donors (Lipinski definition) is 1. The van der Waals surface area contributed by atoms with Crippen LogP contribution in [0.15, 0.2) is 12.1 Å². The number of morpholine rings is 1. The number of benzene rings is 1. The number of carbonyl (C=O) groups is 1. The minimum Gasteiger partial charge on any atom is -0.470 e. The van der Waals surface area contributed by atoms with Gasteiger partial charge >= 0.3 is 0 Å². The normalized spacial score (nSPS) is 18.9. The van der Waals surface area contributed by atoms with Gasteiger partial charge in [-0.1, -0.05) is 0 Å². The van der Waals surface area contributed by atoms with Crippen LogP contribution >= 0.6 is 0 Å². The Balaban J connectivity index is 2.05. The number of anilines is 1. The zero-order chi connectivity index (χ0) is 12.5. The van der Waals surface area contributed by atoms with E-state index < -0.39 is 0 Å². The highest BCUT2D eigenvalue weighted by molar-refractivity contribution is 6.00. The lowest BCUT2D eigenvalue weighted by molar-refractivity contribution is 0.0882. The van der Waals surface area contributed by atoms with Gasteiger partial charge in [-0.2, -0.15) is 0 Å². The zero-order valence-corrected chi connectivity index (χ0v) is 10.4. The molecule has 0 radical (unpaired) electrons. The largest absolute Gasteiger partial charge is 0.470 e. The maximum atomic E-state index is 11.8. The van der Waals surface area contributed by atoms with Crippen LogP contribution < -0.4 is 15.0 Å². The minimum absolute atomic E-state index is 0.0607. The Bertz CT molecular complexity index is 481. The van der Waals surface area contributed by atoms with E-state index in [4.69, 9.17) is 9.47 Å². The first-order chi connectivity index (χ1) is 8.75. The monoisotopic (exact) mass is 248 g/mol. The first-order valence-corrected chi connectivity index (χ1v) is 6.14. The van der Waals surface area contributed by atoms with Crippen molar-refractivity contribution in [3.63, 3.8) is 0 Å². The molecule has 0 unspecified atom stereocenters. The highest BCUT2D eigenvalue weighted by atomic mass is 16.5. The summed E-state index contributed by atoms with van der Waals surface area (Å²) in [7, 11) is 0. The third-order valence-corrected chi connectivity index (χ3v) is 3.26. The zero-order valence-electron chi connectivity index (χ0n) is 10.4. The number of ether oxygens (including phenoxy) is 2. The summed E-state index contributed by atoms with van der Waals surface area (Å²) in [5.74, 6) is 0.640. The summed E-state index contributed by atoms with van der Waals surface area (Å²) < 4.78 is 11.0. The number of aryl methyl sites for hydroxylation is 1. The first kappa shape index (κ1) is 11.3. The standard InChI is InChI=1S/C13H16N2O3/c1-9-6-10-12(18-8-14-13(10)16)11(7-9)15-2-4-17-5-3-15/h6-7H,2-5,8H2,1H3,(H,14,16). The second kappa shape index (κ2) is 4.49. The fraction of sp³-hybridized carbons (Fsp3) is 0.462. The molecule has 2 aliphatic rings. The van der Waals surface area contributed by atoms with Gasteiger partial charge in [-0.15, -0.1) is 0 Å². The third kappa shape index (κ3) is 1.90. The van der Waals surface area contributed by atoms with Gasteiger partial charge in [-0.25, -0.2) is 0 Å². The van der Waals surface area contributed by atoms with Crippen molar-refractivity contribution in [2.24, 2.45) is 0 Å². The van der Waals surface area contributed by atoms with E-state index in [-0.39, 0.29) is 12.6 Å². The van der Waals surface area contributed by atoms with Gasteiger partial charge in [0.05, 0.1) is 24.5 Å². The molecule has 1 saturated heterocycles. The van der Waals surface area contributed by atoms with Crippen molar-refractivity contribution >= 4 is 11.6 Å². The van der Waals surface area contributed by atoms with Crippen LogP contribution in [0.2, 0.25) is 0 Å². The summed E-state index contributed by atoms with van der Waals surface area (Å²) in [6.45, 7) is 5.34. The number of fused-ring (bicyclic) bond motifs is 1. The SMILES string of the molecule is Cc1cc2c(c(N3CCOCC3)c1)OCNC2=O. The van der Waals surface area contributed by atoms with Crippen molar-refractivity contribution in [1.82, 2.24) is 5.32 Å². The molecule has 0 aromatic heterocycles. The summed E-state index contributed by atoms with van der Waals surface area (Å²) >= 11 is 0. The summed E-state index contributed by atoms with van der Waals surface area (Å²) in [5.41, 5.74) is 2.70. The Labute approximate surface area is 106 Å². The quantitative estimate of drug-likeness (QED) is 0.802. The molecule has 2 heterocycles. The van der Waals surface area contributed by atoms with E-state index in [1.165, 1.54) is 0 Å². The number of hydrogen-bond acceptors (Lipinski definition) is 4. The minimum atomic E-state index is -0.0607. The molecule has 0 saturated carbocycles. The Morgan fingerprint density at radius 3 is 2.83 bits per heavy atom. The molecule has 2 aliphatic heterocycles. The first-order valence-electron chi connectivity index (χ1n) is 6.14. The van der Waals surface area contributed by atoms with E-state index >= 15 is 0 Å². The van der Waals surface area contributed by atoms with Crippen LogP contribution in [0.25, 0.3) is 0 Å². The maximum Gasteiger partial charge on any atom is 0.257 e. The fourth-order valence-corrected chi connectivity index (χ4v) is 2.38. The molecule has 0 aliphatic carbocycles. The van der Waals surface area contributed by atoms with Crippen molar-refractivity contribution in [1.29, 1.82) is 0 Å². The molecule has 96 valence electrons. The van der Waals surface area contributed by atoms with Gasteiger partial charge in [0.2, 0.25) is 0 Å². The van der Waals surface area contributed by atoms with E-state index in [0.717, 1.165) is 37.6 Å². The van der Waals surface area contributed by atoms with Crippen LogP contribution in [0.5, 0.6) is 5.75 Å². The van der Waals surface area contributed by atoms with Crippen molar-refractivity contribution in [2.75, 3.05) is 37.9 Å². The predicted octanol–water partition coefficient (Wildman–Crippen LogP) is 0.911. The molecule has 1 aromatic carbocycles. The van der Waals surface area contributed by atoms with Crippen molar-refractivity contribution in [3.8, 4) is 5.75 Å². The Morgan fingerprint density at radius 1 is 1.28 bits per heavy atom. The van der Waals surface area contributed by atoms with Crippen LogP contribution in [-0.4, -0.2) is 38.9 Å². The Morgan fingerprint density at radius 2 is 2.06 bits per heavy atom. The number of rotatable bonds is 1. The fourth-order valence-electron chi connectivity index (χ4n) is 2.38. The summed E-state index contributed by atoms with van der Waals surface area (Å²) in [5, 5.41) is 2.69. The van der Waals surface area contributed by atoms with Crippen LogP contribution in [0, 0.1) is 6.92 Å². The van der Waals surface area contributed by atoms with Crippen LogP contribution in [0.1, 0.15) is 15.9 Å². The third-order valence-electron chi connectivity index (χ3n) is 3.26. The molecule has 18 heavy (non-hydrogen) atoms. The van der Waals surface area contributed by atoms with Gasteiger partial charge in [0, 0.05) is 13.1 Å². The van der Waals surface area contributed by atoms with Gasteiger partial charge in [0.1, 0.15) is 0 Å². The van der Waals surface area contributed by atoms with E-state index in [2.05, 4.69) is 16.3 Å². The second-order valence-corrected chi connectivity index (χ2v) is 4.55. The van der Waals surface area contributed by atoms with Gasteiger partial charge < -0.3 is 19.7 Å². The molecule has 0 bridgehead atoms. The summed E-state index contributed by atoms with van der Waals surface area (Å²) in [6.07, 6.45) is 0. The van der Waals surface area contributed by atoms with Crippen LogP contribution in [0.3, 0.4) is 0 Å². The lowest BCUT2D eigenvalue weighted by atomic mass is 10.1. The van der Waals surface area contributed by atoms with E-state index in [0.29, 0.717) is 11.3 Å². The number of nitrogens with one attached hydrogen (secondary N) is 1. The lowest BCUT2D eigenvalue weighted by Crippen LogP contribution is -2.38. The smallest absolute Gasteiger partial charge is 0.257 e. The molecule has 5 heteroatoms. The Kier molecular flexibility index (Phi) is 2.83. The summed E-state index contributed by atoms with van der Waals surface area (Å²) in [4.78, 5) is 14.1. The number of nitrogens with zero attached hydrogens (tertiary/aromatic N) is 1. The molecule has 1 fully saturated rings. The predicted molar refractivity (Wildman–Crippen MR) is 67.2 cm³/mol. The molecule has 1 aromatic rings. The molecule has 1 N–H and O–H groups in total. The highest BCUT2D eigenvalue weighted by Crippen LogP contribution is 2.35. The van der Waals surface area contributed by atoms with E-state index in [1.807, 2.05) is 13.0 Å². The van der Waals surface area contributed by atoms with Gasteiger partial charge in [0.15, 0.2) is 12.5 Å². The average Bonchev–Trinajstić information content (AvgIpc) is 2.40. The van der Waals surface area contributed by atoms with Gasteiger partial charge in [0.25, 0.3) is 5.91 Å². The Hall–Kier alpha value is -1.75. The molecular weight excluding hydrogens is 232 g/mol. The topological polar surface area (TPSA) is 50.8 Å². The lowest BCUT2D eigenvalue weighted by Gasteiger charge is -2.32. The van der Waals surface area contributed by atoms with Crippen molar-refractivity contribution < 1.29 is 14.3 Å². The average molecular weight is 248 g/mol. The van der Waals surface area contributed by atoms with Crippen LogP contribution in [0.4, 0.5) is 5.69 Å². The molecule has 0 atom stereocenters.